The Morgan fingerprint density at radius 3 is 2.52 bits per heavy atom. The minimum atomic E-state index is -4.51. The largest absolute Gasteiger partial charge is 0.416 e. The van der Waals surface area contributed by atoms with Crippen LogP contribution in [0.15, 0.2) is 59.1 Å². The van der Waals surface area contributed by atoms with E-state index in [-0.39, 0.29) is 23.8 Å². The van der Waals surface area contributed by atoms with Crippen molar-refractivity contribution in [2.45, 2.75) is 31.6 Å². The van der Waals surface area contributed by atoms with Crippen molar-refractivity contribution in [3.05, 3.63) is 71.6 Å². The van der Waals surface area contributed by atoms with Crippen LogP contribution in [0.25, 0.3) is 11.4 Å². The second-order valence-electron chi connectivity index (χ2n) is 7.04. The summed E-state index contributed by atoms with van der Waals surface area (Å²) in [4.78, 5) is 30.7. The van der Waals surface area contributed by atoms with Crippen molar-refractivity contribution >= 4 is 11.9 Å². The van der Waals surface area contributed by atoms with E-state index in [9.17, 15) is 22.8 Å². The van der Waals surface area contributed by atoms with Gasteiger partial charge in [-0.1, -0.05) is 54.5 Å². The summed E-state index contributed by atoms with van der Waals surface area (Å²) in [6.45, 7) is 1.48. The van der Waals surface area contributed by atoms with Crippen LogP contribution in [0.3, 0.4) is 0 Å². The van der Waals surface area contributed by atoms with Gasteiger partial charge in [-0.3, -0.25) is 9.69 Å². The maximum Gasteiger partial charge on any atom is 0.416 e. The maximum absolute atomic E-state index is 13.1. The van der Waals surface area contributed by atoms with Crippen LogP contribution in [-0.4, -0.2) is 27.0 Å². The van der Waals surface area contributed by atoms with E-state index < -0.39 is 29.2 Å². The van der Waals surface area contributed by atoms with Gasteiger partial charge in [0, 0.05) is 5.56 Å². The number of halogens is 3. The number of urea groups is 1. The summed E-state index contributed by atoms with van der Waals surface area (Å²) in [5, 5.41) is 6.43. The molecular formula is C21H17F3N4O3. The molecule has 0 bridgehead atoms. The van der Waals surface area contributed by atoms with Crippen LogP contribution in [0, 0.1) is 0 Å². The first-order chi connectivity index (χ1) is 14.7. The summed E-state index contributed by atoms with van der Waals surface area (Å²) >= 11 is 0. The summed E-state index contributed by atoms with van der Waals surface area (Å²) in [7, 11) is 0. The molecular weight excluding hydrogens is 413 g/mol. The van der Waals surface area contributed by atoms with Gasteiger partial charge in [0.2, 0.25) is 11.7 Å². The number of nitrogens with zero attached hydrogens (tertiary/aromatic N) is 3. The first kappa shape index (κ1) is 20.6. The summed E-state index contributed by atoms with van der Waals surface area (Å²) in [5.41, 5.74) is -1.30. The Bertz CT molecular complexity index is 1130. The molecule has 1 aromatic heterocycles. The van der Waals surface area contributed by atoms with Crippen molar-refractivity contribution in [2.75, 3.05) is 0 Å². The van der Waals surface area contributed by atoms with E-state index in [0.717, 1.165) is 17.0 Å². The zero-order valence-electron chi connectivity index (χ0n) is 16.3. The Morgan fingerprint density at radius 1 is 1.10 bits per heavy atom. The molecule has 1 aliphatic heterocycles. The van der Waals surface area contributed by atoms with Crippen LogP contribution in [0.1, 0.15) is 30.4 Å². The molecule has 4 rings (SSSR count). The van der Waals surface area contributed by atoms with Gasteiger partial charge in [0.05, 0.1) is 5.56 Å². The fourth-order valence-electron chi connectivity index (χ4n) is 3.54. The first-order valence-corrected chi connectivity index (χ1v) is 9.44. The molecule has 0 aliphatic carbocycles. The van der Waals surface area contributed by atoms with Gasteiger partial charge >= 0.3 is 12.2 Å². The molecule has 160 valence electrons. The molecule has 0 saturated carbocycles. The van der Waals surface area contributed by atoms with Crippen molar-refractivity contribution < 1.29 is 27.3 Å². The third kappa shape index (κ3) is 3.65. The molecule has 10 heteroatoms. The molecule has 2 heterocycles. The smallest absolute Gasteiger partial charge is 0.337 e. The Labute approximate surface area is 174 Å². The van der Waals surface area contributed by atoms with Gasteiger partial charge < -0.3 is 9.84 Å². The van der Waals surface area contributed by atoms with E-state index in [1.165, 1.54) is 12.1 Å². The van der Waals surface area contributed by atoms with Crippen molar-refractivity contribution in [1.29, 1.82) is 0 Å². The van der Waals surface area contributed by atoms with E-state index in [2.05, 4.69) is 15.5 Å². The zero-order valence-corrected chi connectivity index (χ0v) is 16.3. The molecule has 3 amide bonds. The Balaban J connectivity index is 1.58. The van der Waals surface area contributed by atoms with Gasteiger partial charge in [0.1, 0.15) is 12.1 Å². The lowest BCUT2D eigenvalue weighted by Gasteiger charge is -2.25. The third-order valence-electron chi connectivity index (χ3n) is 5.18. The number of carbonyl (C=O) groups excluding carboxylic acids is 2. The molecule has 31 heavy (non-hydrogen) atoms. The predicted molar refractivity (Wildman–Crippen MR) is 102 cm³/mol. The van der Waals surface area contributed by atoms with E-state index >= 15 is 0 Å². The normalized spacial score (nSPS) is 19.0. The SMILES string of the molecule is CCC1(c2ccccc2)NC(=O)N(Cc2nc(-c3cccc(C(F)(F)F)c3)no2)C1=O. The lowest BCUT2D eigenvalue weighted by atomic mass is 9.87. The summed E-state index contributed by atoms with van der Waals surface area (Å²) in [6, 6.07) is 12.7. The monoisotopic (exact) mass is 430 g/mol. The van der Waals surface area contributed by atoms with Crippen LogP contribution in [-0.2, 0) is 23.1 Å². The molecule has 7 nitrogen and oxygen atoms in total. The number of hydrogen-bond acceptors (Lipinski definition) is 5. The van der Waals surface area contributed by atoms with Gasteiger partial charge in [0.25, 0.3) is 5.91 Å². The molecule has 3 aromatic rings. The van der Waals surface area contributed by atoms with Crippen molar-refractivity contribution in [2.24, 2.45) is 0 Å². The van der Waals surface area contributed by atoms with Crippen molar-refractivity contribution in [1.82, 2.24) is 20.4 Å². The van der Waals surface area contributed by atoms with E-state index in [4.69, 9.17) is 4.52 Å². The quantitative estimate of drug-likeness (QED) is 0.616. The number of benzene rings is 2. The minimum absolute atomic E-state index is 0.0713. The number of amides is 3. The number of carbonyl (C=O) groups is 2. The summed E-state index contributed by atoms with van der Waals surface area (Å²) in [5.74, 6) is -0.612. The molecule has 1 N–H and O–H groups in total. The van der Waals surface area contributed by atoms with E-state index in [1.807, 2.05) is 0 Å². The van der Waals surface area contributed by atoms with E-state index in [0.29, 0.717) is 12.0 Å². The highest BCUT2D eigenvalue weighted by atomic mass is 19.4. The molecule has 1 saturated heterocycles. The maximum atomic E-state index is 13.1. The first-order valence-electron chi connectivity index (χ1n) is 9.44. The number of nitrogens with one attached hydrogen (secondary N) is 1. The highest BCUT2D eigenvalue weighted by molar-refractivity contribution is 6.07. The number of hydrogen-bond donors (Lipinski definition) is 1. The Hall–Kier alpha value is -3.69. The van der Waals surface area contributed by atoms with Crippen LogP contribution < -0.4 is 5.32 Å². The second-order valence-corrected chi connectivity index (χ2v) is 7.04. The average Bonchev–Trinajstić information content (AvgIpc) is 3.33. The number of rotatable bonds is 5. The molecule has 1 aliphatic rings. The molecule has 2 aromatic carbocycles. The van der Waals surface area contributed by atoms with E-state index in [1.54, 1.807) is 37.3 Å². The molecule has 0 radical (unpaired) electrons. The third-order valence-corrected chi connectivity index (χ3v) is 5.18. The average molecular weight is 430 g/mol. The zero-order chi connectivity index (χ0) is 22.2. The Kier molecular flexibility index (Phi) is 5.00. The number of aromatic nitrogens is 2. The molecule has 1 fully saturated rings. The topological polar surface area (TPSA) is 88.3 Å². The van der Waals surface area contributed by atoms with Crippen molar-refractivity contribution in [3.8, 4) is 11.4 Å². The van der Waals surface area contributed by atoms with Crippen LogP contribution in [0.4, 0.5) is 18.0 Å². The highest BCUT2D eigenvalue weighted by Crippen LogP contribution is 2.34. The summed E-state index contributed by atoms with van der Waals surface area (Å²) < 4.78 is 43.9. The molecule has 0 spiro atoms. The molecule has 1 unspecified atom stereocenters. The highest BCUT2D eigenvalue weighted by Gasteiger charge is 2.51. The minimum Gasteiger partial charge on any atom is -0.337 e. The van der Waals surface area contributed by atoms with Crippen LogP contribution in [0.2, 0.25) is 0 Å². The van der Waals surface area contributed by atoms with Gasteiger partial charge in [0.15, 0.2) is 0 Å². The number of alkyl halides is 3. The van der Waals surface area contributed by atoms with Crippen LogP contribution >= 0.6 is 0 Å². The van der Waals surface area contributed by atoms with Gasteiger partial charge in [-0.2, -0.15) is 18.2 Å². The lowest BCUT2D eigenvalue weighted by Crippen LogP contribution is -2.43. The summed E-state index contributed by atoms with van der Waals surface area (Å²) in [6.07, 6.45) is -4.18. The Morgan fingerprint density at radius 2 is 1.84 bits per heavy atom. The van der Waals surface area contributed by atoms with Gasteiger partial charge in [-0.15, -0.1) is 0 Å². The molecule has 1 atom stereocenters. The van der Waals surface area contributed by atoms with Gasteiger partial charge in [-0.05, 0) is 24.1 Å². The standard InChI is InChI=1S/C21H17F3N4O3/c1-2-20(14-8-4-3-5-9-14)18(29)28(19(30)26-20)12-16-25-17(27-31-16)13-7-6-10-15(11-13)21(22,23)24/h3-11H,2,12H2,1H3,(H,26,30). The fourth-order valence-corrected chi connectivity index (χ4v) is 3.54. The van der Waals surface area contributed by atoms with Crippen molar-refractivity contribution in [3.63, 3.8) is 0 Å². The second kappa shape index (κ2) is 7.53. The van der Waals surface area contributed by atoms with Gasteiger partial charge in [-0.25, -0.2) is 4.79 Å². The fraction of sp³-hybridized carbons (Fsp3) is 0.238. The number of imide groups is 1. The lowest BCUT2D eigenvalue weighted by molar-refractivity contribution is -0.137. The van der Waals surface area contributed by atoms with Crippen LogP contribution in [0.5, 0.6) is 0 Å². The predicted octanol–water partition coefficient (Wildman–Crippen LogP) is 4.11.